The first-order valence-corrected chi connectivity index (χ1v) is 6.55. The third kappa shape index (κ3) is 3.41. The summed E-state index contributed by atoms with van der Waals surface area (Å²) in [6.07, 6.45) is 0. The highest BCUT2D eigenvalue weighted by molar-refractivity contribution is 5.72. The molecule has 3 nitrogen and oxygen atoms in total. The van der Waals surface area contributed by atoms with Gasteiger partial charge in [-0.3, -0.25) is 0 Å². The summed E-state index contributed by atoms with van der Waals surface area (Å²) in [5.41, 5.74) is 1.88. The van der Waals surface area contributed by atoms with Crippen molar-refractivity contribution in [2.45, 2.75) is 13.8 Å². The molecule has 100 valence electrons. The second-order valence-corrected chi connectivity index (χ2v) is 3.99. The van der Waals surface area contributed by atoms with Crippen molar-refractivity contribution >= 4 is 11.4 Å². The Hall–Kier alpha value is -2.16. The Morgan fingerprint density at radius 2 is 1.37 bits per heavy atom. The van der Waals surface area contributed by atoms with E-state index in [9.17, 15) is 0 Å². The van der Waals surface area contributed by atoms with E-state index in [0.717, 1.165) is 22.9 Å². The molecule has 0 saturated heterocycles. The lowest BCUT2D eigenvalue weighted by molar-refractivity contribution is 0.326. The van der Waals surface area contributed by atoms with Crippen molar-refractivity contribution in [1.29, 1.82) is 0 Å². The summed E-state index contributed by atoms with van der Waals surface area (Å²) in [4.78, 5) is 0. The summed E-state index contributed by atoms with van der Waals surface area (Å²) in [5, 5.41) is 3.36. The maximum atomic E-state index is 5.65. The molecule has 0 atom stereocenters. The van der Waals surface area contributed by atoms with Gasteiger partial charge in [0.1, 0.15) is 17.2 Å². The van der Waals surface area contributed by atoms with Crippen molar-refractivity contribution in [1.82, 2.24) is 0 Å². The smallest absolute Gasteiger partial charge is 0.146 e. The molecule has 0 fully saturated rings. The van der Waals surface area contributed by atoms with Gasteiger partial charge in [-0.05, 0) is 38.1 Å². The van der Waals surface area contributed by atoms with Crippen molar-refractivity contribution in [3.63, 3.8) is 0 Å². The maximum Gasteiger partial charge on any atom is 0.146 e. The number of hydrogen-bond donors (Lipinski definition) is 1. The summed E-state index contributed by atoms with van der Waals surface area (Å²) in [7, 11) is 0. The fourth-order valence-electron chi connectivity index (χ4n) is 1.85. The maximum absolute atomic E-state index is 5.65. The molecule has 0 spiro atoms. The Labute approximate surface area is 114 Å². The average Bonchev–Trinajstić information content (AvgIpc) is 2.44. The van der Waals surface area contributed by atoms with Crippen LogP contribution in [0, 0.1) is 0 Å². The fraction of sp³-hybridized carbons (Fsp3) is 0.250. The molecule has 0 aliphatic carbocycles. The number of para-hydroxylation sites is 2. The highest BCUT2D eigenvalue weighted by atomic mass is 16.5. The van der Waals surface area contributed by atoms with Crippen molar-refractivity contribution in [3.8, 4) is 11.5 Å². The first-order chi connectivity index (χ1) is 9.35. The van der Waals surface area contributed by atoms with Gasteiger partial charge in [-0.2, -0.15) is 0 Å². The first-order valence-electron chi connectivity index (χ1n) is 6.55. The third-order valence-electron chi connectivity index (χ3n) is 2.63. The van der Waals surface area contributed by atoms with Crippen molar-refractivity contribution in [2.24, 2.45) is 0 Å². The van der Waals surface area contributed by atoms with Crippen LogP contribution in [0.1, 0.15) is 13.8 Å². The summed E-state index contributed by atoms with van der Waals surface area (Å²) >= 11 is 0. The molecule has 0 unspecified atom stereocenters. The molecule has 0 amide bonds. The van der Waals surface area contributed by atoms with Crippen LogP contribution in [0.25, 0.3) is 0 Å². The molecular weight excluding hydrogens is 238 g/mol. The van der Waals surface area contributed by atoms with Crippen LogP contribution in [0.4, 0.5) is 11.4 Å². The molecule has 2 aromatic carbocycles. The molecule has 0 aliphatic rings. The highest BCUT2D eigenvalue weighted by Gasteiger charge is 2.10. The second-order valence-electron chi connectivity index (χ2n) is 3.99. The molecule has 2 rings (SSSR count). The van der Waals surface area contributed by atoms with Gasteiger partial charge >= 0.3 is 0 Å². The fourth-order valence-corrected chi connectivity index (χ4v) is 1.85. The Balaban J connectivity index is 2.34. The van der Waals surface area contributed by atoms with Crippen LogP contribution in [-0.2, 0) is 0 Å². The lowest BCUT2D eigenvalue weighted by atomic mass is 10.2. The third-order valence-corrected chi connectivity index (χ3v) is 2.63. The number of rotatable bonds is 6. The Kier molecular flexibility index (Phi) is 4.67. The lowest BCUT2D eigenvalue weighted by Crippen LogP contribution is -2.01. The quantitative estimate of drug-likeness (QED) is 0.840. The van der Waals surface area contributed by atoms with Gasteiger partial charge in [0, 0.05) is 5.69 Å². The van der Waals surface area contributed by atoms with Crippen LogP contribution in [-0.4, -0.2) is 13.2 Å². The van der Waals surface area contributed by atoms with Crippen LogP contribution < -0.4 is 14.8 Å². The van der Waals surface area contributed by atoms with E-state index in [4.69, 9.17) is 9.47 Å². The van der Waals surface area contributed by atoms with E-state index in [1.54, 1.807) is 0 Å². The number of anilines is 2. The molecule has 2 aromatic rings. The predicted molar refractivity (Wildman–Crippen MR) is 78.5 cm³/mol. The number of benzene rings is 2. The number of nitrogens with one attached hydrogen (secondary N) is 1. The molecule has 0 heterocycles. The zero-order valence-corrected chi connectivity index (χ0v) is 11.3. The van der Waals surface area contributed by atoms with Crippen molar-refractivity contribution in [2.75, 3.05) is 18.5 Å². The largest absolute Gasteiger partial charge is 0.492 e. The molecule has 0 saturated carbocycles. The first kappa shape index (κ1) is 13.3. The molecule has 0 aliphatic heterocycles. The monoisotopic (exact) mass is 257 g/mol. The molecule has 19 heavy (non-hydrogen) atoms. The SMILES string of the molecule is CCOc1cccc(OCC)c1Nc1ccccc1. The predicted octanol–water partition coefficient (Wildman–Crippen LogP) is 4.23. The van der Waals surface area contributed by atoms with Gasteiger partial charge in [0.05, 0.1) is 13.2 Å². The van der Waals surface area contributed by atoms with E-state index >= 15 is 0 Å². The van der Waals surface area contributed by atoms with Gasteiger partial charge in [0.2, 0.25) is 0 Å². The zero-order valence-electron chi connectivity index (χ0n) is 11.3. The molecule has 0 aromatic heterocycles. The van der Waals surface area contributed by atoms with E-state index in [-0.39, 0.29) is 0 Å². The number of ether oxygens (including phenoxy) is 2. The molecular formula is C16H19NO2. The van der Waals surface area contributed by atoms with E-state index in [1.807, 2.05) is 62.4 Å². The highest BCUT2D eigenvalue weighted by Crippen LogP contribution is 2.36. The zero-order chi connectivity index (χ0) is 13.5. The summed E-state index contributed by atoms with van der Waals surface area (Å²) < 4.78 is 11.3. The van der Waals surface area contributed by atoms with Gasteiger partial charge in [0.25, 0.3) is 0 Å². The standard InChI is InChI=1S/C16H19NO2/c1-3-18-14-11-8-12-15(19-4-2)16(14)17-13-9-6-5-7-10-13/h5-12,17H,3-4H2,1-2H3. The minimum Gasteiger partial charge on any atom is -0.492 e. The number of hydrogen-bond acceptors (Lipinski definition) is 3. The second kappa shape index (κ2) is 6.69. The van der Waals surface area contributed by atoms with Crippen molar-refractivity contribution in [3.05, 3.63) is 48.5 Å². The van der Waals surface area contributed by atoms with Crippen LogP contribution in [0.3, 0.4) is 0 Å². The van der Waals surface area contributed by atoms with E-state index in [2.05, 4.69) is 5.32 Å². The van der Waals surface area contributed by atoms with Crippen molar-refractivity contribution < 1.29 is 9.47 Å². The van der Waals surface area contributed by atoms with Crippen LogP contribution in [0.5, 0.6) is 11.5 Å². The minimum absolute atomic E-state index is 0.624. The van der Waals surface area contributed by atoms with Crippen LogP contribution in [0.15, 0.2) is 48.5 Å². The van der Waals surface area contributed by atoms with Gasteiger partial charge < -0.3 is 14.8 Å². The summed E-state index contributed by atoms with van der Waals surface area (Å²) in [6, 6.07) is 15.8. The van der Waals surface area contributed by atoms with E-state index < -0.39 is 0 Å². The van der Waals surface area contributed by atoms with Crippen LogP contribution in [0.2, 0.25) is 0 Å². The lowest BCUT2D eigenvalue weighted by Gasteiger charge is -2.16. The summed E-state index contributed by atoms with van der Waals surface area (Å²) in [5.74, 6) is 1.61. The Bertz CT molecular complexity index is 487. The summed E-state index contributed by atoms with van der Waals surface area (Å²) in [6.45, 7) is 5.19. The molecule has 0 bridgehead atoms. The van der Waals surface area contributed by atoms with Gasteiger partial charge in [-0.1, -0.05) is 24.3 Å². The van der Waals surface area contributed by atoms with Gasteiger partial charge in [-0.15, -0.1) is 0 Å². The normalized spacial score (nSPS) is 10.0. The molecule has 1 N–H and O–H groups in total. The Morgan fingerprint density at radius 3 is 1.89 bits per heavy atom. The molecule has 0 radical (unpaired) electrons. The molecule has 3 heteroatoms. The van der Waals surface area contributed by atoms with Gasteiger partial charge in [0.15, 0.2) is 0 Å². The van der Waals surface area contributed by atoms with Gasteiger partial charge in [-0.25, -0.2) is 0 Å². The minimum atomic E-state index is 0.624. The average molecular weight is 257 g/mol. The van der Waals surface area contributed by atoms with Crippen LogP contribution >= 0.6 is 0 Å². The van der Waals surface area contributed by atoms with E-state index in [0.29, 0.717) is 13.2 Å². The topological polar surface area (TPSA) is 30.5 Å². The Morgan fingerprint density at radius 1 is 0.789 bits per heavy atom. The van der Waals surface area contributed by atoms with E-state index in [1.165, 1.54) is 0 Å².